The maximum atomic E-state index is 14.8. The fourth-order valence-electron chi connectivity index (χ4n) is 3.95. The van der Waals surface area contributed by atoms with Crippen molar-refractivity contribution in [3.05, 3.63) is 76.2 Å². The van der Waals surface area contributed by atoms with Crippen LogP contribution in [0.15, 0.2) is 53.7 Å². The van der Waals surface area contributed by atoms with Gasteiger partial charge in [-0.3, -0.25) is 14.5 Å². The average Bonchev–Trinajstić information content (AvgIpc) is 2.86. The Bertz CT molecular complexity index is 1270. The van der Waals surface area contributed by atoms with Gasteiger partial charge >= 0.3 is 0 Å². The topological polar surface area (TPSA) is 120 Å². The molecule has 0 radical (unpaired) electrons. The molecule has 4 rings (SSSR count). The van der Waals surface area contributed by atoms with Crippen molar-refractivity contribution in [1.82, 2.24) is 19.9 Å². The molecule has 2 unspecified atom stereocenters. The van der Waals surface area contributed by atoms with E-state index in [1.807, 2.05) is 0 Å². The molecule has 190 valence electrons. The maximum absolute atomic E-state index is 14.8. The molecule has 1 amide bonds. The number of halogens is 3. The summed E-state index contributed by atoms with van der Waals surface area (Å²) in [5.41, 5.74) is -0.350. The number of aliphatic hydroxyl groups is 1. The summed E-state index contributed by atoms with van der Waals surface area (Å²) in [7, 11) is 0. The van der Waals surface area contributed by atoms with Gasteiger partial charge in [0.1, 0.15) is 17.4 Å². The second-order valence-corrected chi connectivity index (χ2v) is 8.47. The zero-order valence-corrected chi connectivity index (χ0v) is 19.2. The molecule has 2 atom stereocenters. The van der Waals surface area contributed by atoms with E-state index in [2.05, 4.69) is 20.3 Å². The van der Waals surface area contributed by atoms with E-state index in [0.717, 1.165) is 6.20 Å². The SMILES string of the molecule is CC(C(=O)Nc1ccc(Oc2ccc(F)cn2)cn1)N1CCC(F)(F)C(c2c[nH]c(=O)c(CO)c2)C1. The van der Waals surface area contributed by atoms with Crippen LogP contribution in [-0.4, -0.2) is 55.9 Å². The Balaban J connectivity index is 1.40. The normalized spacial score (nSPS) is 18.4. The van der Waals surface area contributed by atoms with Crippen LogP contribution < -0.4 is 15.6 Å². The molecule has 0 spiro atoms. The number of piperidine rings is 1. The van der Waals surface area contributed by atoms with E-state index in [1.165, 1.54) is 36.7 Å². The van der Waals surface area contributed by atoms with Crippen LogP contribution >= 0.6 is 0 Å². The van der Waals surface area contributed by atoms with Crippen molar-refractivity contribution < 1.29 is 27.8 Å². The molecule has 1 aliphatic heterocycles. The number of carbonyl (C=O) groups excluding carboxylic acids is 1. The van der Waals surface area contributed by atoms with Crippen LogP contribution in [-0.2, 0) is 11.4 Å². The Morgan fingerprint density at radius 2 is 2.11 bits per heavy atom. The molecule has 4 heterocycles. The first-order valence-corrected chi connectivity index (χ1v) is 11.2. The zero-order chi connectivity index (χ0) is 25.9. The minimum Gasteiger partial charge on any atom is -0.437 e. The van der Waals surface area contributed by atoms with E-state index in [4.69, 9.17) is 4.74 Å². The van der Waals surface area contributed by atoms with Crippen LogP contribution in [0, 0.1) is 5.82 Å². The van der Waals surface area contributed by atoms with Crippen molar-refractivity contribution in [3.8, 4) is 11.6 Å². The molecule has 0 bridgehead atoms. The van der Waals surface area contributed by atoms with Crippen LogP contribution in [0.4, 0.5) is 19.0 Å². The summed E-state index contributed by atoms with van der Waals surface area (Å²) >= 11 is 0. The van der Waals surface area contributed by atoms with E-state index in [9.17, 15) is 27.9 Å². The third-order valence-electron chi connectivity index (χ3n) is 6.07. The van der Waals surface area contributed by atoms with Gasteiger partial charge in [0.25, 0.3) is 11.5 Å². The van der Waals surface area contributed by atoms with Gasteiger partial charge in [-0.15, -0.1) is 0 Å². The van der Waals surface area contributed by atoms with Gasteiger partial charge < -0.3 is 20.1 Å². The molecular formula is C24H24F3N5O4. The van der Waals surface area contributed by atoms with Crippen molar-refractivity contribution in [2.45, 2.75) is 37.8 Å². The Morgan fingerprint density at radius 3 is 2.78 bits per heavy atom. The van der Waals surface area contributed by atoms with Crippen LogP contribution in [0.2, 0.25) is 0 Å². The van der Waals surface area contributed by atoms with Crippen molar-refractivity contribution in [2.75, 3.05) is 18.4 Å². The van der Waals surface area contributed by atoms with Crippen LogP contribution in [0.5, 0.6) is 11.6 Å². The summed E-state index contributed by atoms with van der Waals surface area (Å²) < 4.78 is 47.9. The number of likely N-dealkylation sites (tertiary alicyclic amines) is 1. The fourth-order valence-corrected chi connectivity index (χ4v) is 3.95. The highest BCUT2D eigenvalue weighted by molar-refractivity contribution is 5.93. The Hall–Kier alpha value is -3.77. The lowest BCUT2D eigenvalue weighted by molar-refractivity contribution is -0.125. The van der Waals surface area contributed by atoms with Gasteiger partial charge in [0.2, 0.25) is 11.8 Å². The highest BCUT2D eigenvalue weighted by atomic mass is 19.3. The average molecular weight is 503 g/mol. The van der Waals surface area contributed by atoms with E-state index in [1.54, 1.807) is 17.9 Å². The monoisotopic (exact) mass is 503 g/mol. The third kappa shape index (κ3) is 5.71. The third-order valence-corrected chi connectivity index (χ3v) is 6.07. The van der Waals surface area contributed by atoms with E-state index in [-0.39, 0.29) is 35.9 Å². The van der Waals surface area contributed by atoms with Crippen LogP contribution in [0.3, 0.4) is 0 Å². The maximum Gasteiger partial charge on any atom is 0.257 e. The Labute approximate surface area is 204 Å². The van der Waals surface area contributed by atoms with Crippen LogP contribution in [0.25, 0.3) is 0 Å². The summed E-state index contributed by atoms with van der Waals surface area (Å²) in [6, 6.07) is 6.15. The smallest absolute Gasteiger partial charge is 0.257 e. The predicted octanol–water partition coefficient (Wildman–Crippen LogP) is 3.04. The molecule has 9 nitrogen and oxygen atoms in total. The minimum atomic E-state index is -3.05. The number of ether oxygens (including phenoxy) is 1. The number of anilines is 1. The van der Waals surface area contributed by atoms with Crippen LogP contribution in [0.1, 0.15) is 30.4 Å². The number of amides is 1. The summed E-state index contributed by atoms with van der Waals surface area (Å²) in [5, 5.41) is 12.0. The number of hydrogen-bond donors (Lipinski definition) is 3. The largest absolute Gasteiger partial charge is 0.437 e. The first-order valence-electron chi connectivity index (χ1n) is 11.2. The highest BCUT2D eigenvalue weighted by Crippen LogP contribution is 2.40. The second kappa shape index (κ2) is 10.5. The molecule has 3 aromatic heterocycles. The summed E-state index contributed by atoms with van der Waals surface area (Å²) in [6.45, 7) is 0.920. The first kappa shape index (κ1) is 25.3. The molecule has 3 N–H and O–H groups in total. The number of alkyl halides is 2. The van der Waals surface area contributed by atoms with Gasteiger partial charge in [0.05, 0.1) is 31.0 Å². The lowest BCUT2D eigenvalue weighted by Crippen LogP contribution is -2.52. The molecule has 1 aliphatic rings. The van der Waals surface area contributed by atoms with Gasteiger partial charge in [-0.25, -0.2) is 23.1 Å². The lowest BCUT2D eigenvalue weighted by atomic mass is 9.86. The van der Waals surface area contributed by atoms with Crippen molar-refractivity contribution in [3.63, 3.8) is 0 Å². The molecule has 0 aromatic carbocycles. The second-order valence-electron chi connectivity index (χ2n) is 8.47. The Morgan fingerprint density at radius 1 is 1.31 bits per heavy atom. The number of aromatic nitrogens is 3. The molecule has 1 fully saturated rings. The number of rotatable bonds is 7. The van der Waals surface area contributed by atoms with Gasteiger partial charge in [-0.05, 0) is 36.8 Å². The first-order chi connectivity index (χ1) is 17.2. The van der Waals surface area contributed by atoms with E-state index >= 15 is 0 Å². The molecule has 3 aromatic rings. The van der Waals surface area contributed by atoms with Crippen molar-refractivity contribution >= 4 is 11.7 Å². The van der Waals surface area contributed by atoms with Gasteiger partial charge in [0, 0.05) is 37.3 Å². The standard InChI is InChI=1S/C24H24F3N5O4/c1-14(22(34)31-20-4-3-18(11-28-20)36-21-5-2-17(25)10-29-21)32-7-6-24(26,27)19(12-32)15-8-16(13-33)23(35)30-9-15/h2-5,8-11,14,19,33H,6-7,12-13H2,1H3,(H,30,35)(H,28,31,34). The van der Waals surface area contributed by atoms with Gasteiger partial charge in [0.15, 0.2) is 0 Å². The molecule has 0 aliphatic carbocycles. The molecule has 36 heavy (non-hydrogen) atoms. The molecular weight excluding hydrogens is 479 g/mol. The number of carbonyl (C=O) groups is 1. The Kier molecular flexibility index (Phi) is 7.36. The number of nitrogens with one attached hydrogen (secondary N) is 2. The number of nitrogens with zero attached hydrogens (tertiary/aromatic N) is 3. The minimum absolute atomic E-state index is 0.0000693. The van der Waals surface area contributed by atoms with E-state index in [0.29, 0.717) is 5.75 Å². The predicted molar refractivity (Wildman–Crippen MR) is 123 cm³/mol. The molecule has 12 heteroatoms. The highest BCUT2D eigenvalue weighted by Gasteiger charge is 2.46. The lowest BCUT2D eigenvalue weighted by Gasteiger charge is -2.40. The van der Waals surface area contributed by atoms with Crippen molar-refractivity contribution in [1.29, 1.82) is 0 Å². The number of pyridine rings is 3. The number of aliphatic hydroxyl groups excluding tert-OH is 1. The quantitative estimate of drug-likeness (QED) is 0.453. The summed E-state index contributed by atoms with van der Waals surface area (Å²) in [5.74, 6) is -4.51. The number of H-pyrrole nitrogens is 1. The molecule has 0 saturated carbocycles. The number of hydrogen-bond acceptors (Lipinski definition) is 7. The summed E-state index contributed by atoms with van der Waals surface area (Å²) in [4.78, 5) is 36.5. The van der Waals surface area contributed by atoms with Gasteiger partial charge in [-0.1, -0.05) is 0 Å². The van der Waals surface area contributed by atoms with Crippen molar-refractivity contribution in [2.24, 2.45) is 0 Å². The van der Waals surface area contributed by atoms with Gasteiger partial charge in [-0.2, -0.15) is 0 Å². The molecule has 1 saturated heterocycles. The zero-order valence-electron chi connectivity index (χ0n) is 19.2. The van der Waals surface area contributed by atoms with E-state index < -0.39 is 48.2 Å². The fraction of sp³-hybridized carbons (Fsp3) is 0.333. The number of aromatic amines is 1. The summed E-state index contributed by atoms with van der Waals surface area (Å²) in [6.07, 6.45) is 3.13.